The molecule has 0 amide bonds. The van der Waals surface area contributed by atoms with Crippen LogP contribution in [0.25, 0.3) is 0 Å². The third kappa shape index (κ3) is 1.98. The van der Waals surface area contributed by atoms with Crippen LogP contribution in [0.3, 0.4) is 0 Å². The summed E-state index contributed by atoms with van der Waals surface area (Å²) in [6, 6.07) is 0. The van der Waals surface area contributed by atoms with Crippen LogP contribution in [0, 0.1) is 34.0 Å². The first kappa shape index (κ1) is 19.3. The Hall–Kier alpha value is -1.50. The molecule has 4 aliphatic rings. The van der Waals surface area contributed by atoms with Gasteiger partial charge < -0.3 is 20.4 Å². The summed E-state index contributed by atoms with van der Waals surface area (Å²) in [4.78, 5) is 26.0. The quantitative estimate of drug-likeness (QED) is 0.528. The van der Waals surface area contributed by atoms with Crippen molar-refractivity contribution >= 4 is 11.8 Å². The Balaban J connectivity index is 0.00000196. The molecule has 26 heavy (non-hydrogen) atoms. The average Bonchev–Trinajstić information content (AvgIpc) is 2.77. The van der Waals surface area contributed by atoms with E-state index in [1.807, 2.05) is 19.9 Å². The normalized spacial score (nSPS) is 45.9. The molecule has 4 N–H and O–H groups in total. The van der Waals surface area contributed by atoms with E-state index in [2.05, 4.69) is 6.58 Å². The maximum absolute atomic E-state index is 13.2. The maximum atomic E-state index is 13.2. The van der Waals surface area contributed by atoms with Crippen molar-refractivity contribution in [1.29, 1.82) is 0 Å². The van der Waals surface area contributed by atoms with Crippen LogP contribution in [-0.2, 0) is 14.3 Å². The predicted octanol–water partition coefficient (Wildman–Crippen LogP) is 0.812. The molecule has 0 aromatic heterocycles. The van der Waals surface area contributed by atoms with Gasteiger partial charge in [-0.3, -0.25) is 9.59 Å². The van der Waals surface area contributed by atoms with Crippen molar-refractivity contribution in [3.8, 4) is 0 Å². The van der Waals surface area contributed by atoms with Gasteiger partial charge in [-0.2, -0.15) is 0 Å². The van der Waals surface area contributed by atoms with Gasteiger partial charge in [-0.05, 0) is 48.2 Å². The van der Waals surface area contributed by atoms with E-state index >= 15 is 0 Å². The summed E-state index contributed by atoms with van der Waals surface area (Å²) < 4.78 is 5.57. The van der Waals surface area contributed by atoms with Crippen molar-refractivity contribution in [2.24, 2.45) is 34.0 Å². The molecule has 0 aromatic rings. The van der Waals surface area contributed by atoms with Gasteiger partial charge in [0.2, 0.25) is 0 Å². The van der Waals surface area contributed by atoms with Crippen LogP contribution in [0.1, 0.15) is 33.1 Å². The standard InChI is InChI=1S/C20H26O5.H2O/c1-11-12-4-5-13-19(8-12,16(11)23)17(24)25-10-20(13)14(9-21)18(2,3)7-6-15(20)22;/h6-7,12-14,16,21,23H,1,4-5,8-10H2,2-3H3;1H2/t12-,13-,14-,16-,19+,20+;/m1./s1. The number of carbonyl (C=O) groups excluding carboxylic acids is 2. The molecule has 6 nitrogen and oxygen atoms in total. The first-order chi connectivity index (χ1) is 11.7. The molecule has 3 fully saturated rings. The van der Waals surface area contributed by atoms with Crippen molar-refractivity contribution < 1.29 is 30.0 Å². The van der Waals surface area contributed by atoms with E-state index in [1.165, 1.54) is 0 Å². The van der Waals surface area contributed by atoms with E-state index in [-0.39, 0.29) is 42.2 Å². The smallest absolute Gasteiger partial charge is 0.315 e. The fourth-order valence-electron chi connectivity index (χ4n) is 6.31. The molecule has 2 saturated carbocycles. The second-order valence-corrected chi connectivity index (χ2v) is 8.92. The highest BCUT2D eigenvalue weighted by atomic mass is 16.5. The molecule has 0 aromatic carbocycles. The molecule has 2 bridgehead atoms. The van der Waals surface area contributed by atoms with Gasteiger partial charge in [-0.15, -0.1) is 0 Å². The Labute approximate surface area is 153 Å². The van der Waals surface area contributed by atoms with Crippen LogP contribution in [-0.4, -0.2) is 46.8 Å². The molecule has 2 spiro atoms. The number of fused-ring (bicyclic) bond motifs is 2. The fourth-order valence-corrected chi connectivity index (χ4v) is 6.31. The van der Waals surface area contributed by atoms with Crippen molar-refractivity contribution in [2.45, 2.75) is 39.2 Å². The minimum absolute atomic E-state index is 0. The van der Waals surface area contributed by atoms with Gasteiger partial charge in [0.15, 0.2) is 5.78 Å². The first-order valence-corrected chi connectivity index (χ1v) is 9.10. The second kappa shape index (κ2) is 5.75. The molecule has 6 atom stereocenters. The van der Waals surface area contributed by atoms with Gasteiger partial charge in [-0.25, -0.2) is 0 Å². The maximum Gasteiger partial charge on any atom is 0.315 e. The topological polar surface area (TPSA) is 115 Å². The van der Waals surface area contributed by atoms with E-state index in [4.69, 9.17) is 4.74 Å². The number of aliphatic hydroxyl groups excluding tert-OH is 2. The fraction of sp³-hybridized carbons (Fsp3) is 0.700. The Morgan fingerprint density at radius 1 is 1.27 bits per heavy atom. The summed E-state index contributed by atoms with van der Waals surface area (Å²) in [6.45, 7) is 7.83. The summed E-state index contributed by atoms with van der Waals surface area (Å²) in [7, 11) is 0. The lowest BCUT2D eigenvalue weighted by molar-refractivity contribution is -0.215. The highest BCUT2D eigenvalue weighted by molar-refractivity contribution is 5.98. The van der Waals surface area contributed by atoms with Gasteiger partial charge in [0.05, 0.1) is 11.5 Å². The van der Waals surface area contributed by atoms with E-state index in [0.717, 1.165) is 6.42 Å². The number of carbonyl (C=O) groups is 2. The lowest BCUT2D eigenvalue weighted by Gasteiger charge is -2.59. The highest BCUT2D eigenvalue weighted by Gasteiger charge is 2.73. The molecule has 6 heteroatoms. The van der Waals surface area contributed by atoms with Crippen molar-refractivity contribution in [2.75, 3.05) is 13.2 Å². The highest BCUT2D eigenvalue weighted by Crippen LogP contribution is 2.67. The zero-order chi connectivity index (χ0) is 18.2. The number of hydrogen-bond donors (Lipinski definition) is 2. The molecule has 0 radical (unpaired) electrons. The largest absolute Gasteiger partial charge is 0.464 e. The van der Waals surface area contributed by atoms with Crippen LogP contribution >= 0.6 is 0 Å². The summed E-state index contributed by atoms with van der Waals surface area (Å²) in [6.07, 6.45) is 4.43. The molecule has 1 aliphatic heterocycles. The van der Waals surface area contributed by atoms with Crippen molar-refractivity contribution in [3.63, 3.8) is 0 Å². The van der Waals surface area contributed by atoms with Crippen LogP contribution in [0.15, 0.2) is 24.3 Å². The van der Waals surface area contributed by atoms with E-state index in [9.17, 15) is 19.8 Å². The summed E-state index contributed by atoms with van der Waals surface area (Å²) in [5.74, 6) is -1.09. The van der Waals surface area contributed by atoms with Crippen LogP contribution in [0.5, 0.6) is 0 Å². The molecule has 1 saturated heterocycles. The average molecular weight is 364 g/mol. The number of ketones is 1. The van der Waals surface area contributed by atoms with Crippen molar-refractivity contribution in [1.82, 2.24) is 0 Å². The lowest BCUT2D eigenvalue weighted by Crippen LogP contribution is -2.66. The zero-order valence-corrected chi connectivity index (χ0v) is 15.3. The zero-order valence-electron chi connectivity index (χ0n) is 15.3. The van der Waals surface area contributed by atoms with Crippen LogP contribution < -0.4 is 0 Å². The molecule has 0 unspecified atom stereocenters. The number of esters is 1. The summed E-state index contributed by atoms with van der Waals surface area (Å²) in [5, 5.41) is 21.1. The van der Waals surface area contributed by atoms with Gasteiger partial charge in [0, 0.05) is 12.5 Å². The van der Waals surface area contributed by atoms with Crippen LogP contribution in [0.4, 0.5) is 0 Å². The number of allylic oxidation sites excluding steroid dienone is 2. The van der Waals surface area contributed by atoms with E-state index < -0.39 is 28.3 Å². The number of ether oxygens (including phenoxy) is 1. The Morgan fingerprint density at radius 3 is 2.62 bits per heavy atom. The predicted molar refractivity (Wildman–Crippen MR) is 93.9 cm³/mol. The number of cyclic esters (lactones) is 1. The minimum atomic E-state index is -1.09. The second-order valence-electron chi connectivity index (χ2n) is 8.92. The summed E-state index contributed by atoms with van der Waals surface area (Å²) >= 11 is 0. The Kier molecular flexibility index (Phi) is 4.26. The van der Waals surface area contributed by atoms with Gasteiger partial charge >= 0.3 is 5.97 Å². The van der Waals surface area contributed by atoms with E-state index in [0.29, 0.717) is 18.4 Å². The number of aliphatic hydroxyl groups is 2. The molecule has 3 aliphatic carbocycles. The lowest BCUT2D eigenvalue weighted by atomic mass is 9.45. The molecule has 4 rings (SSSR count). The van der Waals surface area contributed by atoms with Gasteiger partial charge in [0.1, 0.15) is 12.0 Å². The molecule has 1 heterocycles. The van der Waals surface area contributed by atoms with Crippen LogP contribution in [0.2, 0.25) is 0 Å². The van der Waals surface area contributed by atoms with Gasteiger partial charge in [0.25, 0.3) is 0 Å². The monoisotopic (exact) mass is 364 g/mol. The molecular weight excluding hydrogens is 336 g/mol. The van der Waals surface area contributed by atoms with E-state index in [1.54, 1.807) is 6.08 Å². The number of hydrogen-bond acceptors (Lipinski definition) is 5. The Morgan fingerprint density at radius 2 is 1.96 bits per heavy atom. The molecular formula is C20H28O6. The minimum Gasteiger partial charge on any atom is -0.464 e. The SMILES string of the molecule is C=C1[C@@H]2CC[C@@H]3[C@](C2)(C(=O)OC[C@]32C(=O)C=CC(C)(C)[C@H]2CO)[C@@H]1O.O. The van der Waals surface area contributed by atoms with Crippen molar-refractivity contribution in [3.05, 3.63) is 24.3 Å². The third-order valence-corrected chi connectivity index (χ3v) is 7.64. The Bertz CT molecular complexity index is 694. The summed E-state index contributed by atoms with van der Waals surface area (Å²) in [5.41, 5.74) is -1.78. The third-order valence-electron chi connectivity index (χ3n) is 7.64. The van der Waals surface area contributed by atoms with Gasteiger partial charge in [-0.1, -0.05) is 26.5 Å². The first-order valence-electron chi connectivity index (χ1n) is 9.10. The number of rotatable bonds is 1. The molecule has 144 valence electrons.